The summed E-state index contributed by atoms with van der Waals surface area (Å²) in [5.74, 6) is 1.64. The summed E-state index contributed by atoms with van der Waals surface area (Å²) in [7, 11) is 1.61. The zero-order valence-corrected chi connectivity index (χ0v) is 15.5. The van der Waals surface area contributed by atoms with E-state index in [9.17, 15) is 4.79 Å². The summed E-state index contributed by atoms with van der Waals surface area (Å²) < 4.78 is 10.9. The van der Waals surface area contributed by atoms with Crippen LogP contribution in [0.3, 0.4) is 0 Å². The molecule has 5 nitrogen and oxygen atoms in total. The molecule has 0 unspecified atom stereocenters. The van der Waals surface area contributed by atoms with Gasteiger partial charge in [0.05, 0.1) is 24.0 Å². The van der Waals surface area contributed by atoms with E-state index in [2.05, 4.69) is 10.3 Å². The first-order valence-electron chi connectivity index (χ1n) is 7.89. The first-order chi connectivity index (χ1) is 12.5. The van der Waals surface area contributed by atoms with Gasteiger partial charge in [-0.1, -0.05) is 35.3 Å². The molecule has 0 saturated carbocycles. The van der Waals surface area contributed by atoms with Crippen LogP contribution >= 0.6 is 23.2 Å². The van der Waals surface area contributed by atoms with Gasteiger partial charge in [0.1, 0.15) is 5.75 Å². The molecule has 1 aromatic heterocycles. The van der Waals surface area contributed by atoms with Gasteiger partial charge in [0, 0.05) is 23.4 Å². The second-order valence-electron chi connectivity index (χ2n) is 5.52. The van der Waals surface area contributed by atoms with Crippen molar-refractivity contribution in [1.82, 2.24) is 4.98 Å². The third-order valence-corrected chi connectivity index (χ3v) is 4.24. The maximum atomic E-state index is 12.1. The number of methoxy groups -OCH3 is 1. The Balaban J connectivity index is 1.61. The Hall–Kier alpha value is -2.50. The molecular weight excluding hydrogens is 375 g/mol. The van der Waals surface area contributed by atoms with Gasteiger partial charge in [-0.25, -0.2) is 4.98 Å². The molecule has 0 spiro atoms. The lowest BCUT2D eigenvalue weighted by atomic mass is 10.2. The van der Waals surface area contributed by atoms with E-state index in [1.807, 2.05) is 24.3 Å². The summed E-state index contributed by atoms with van der Waals surface area (Å²) in [4.78, 5) is 16.3. The maximum absolute atomic E-state index is 12.1. The standard InChI is InChI=1S/C19H16Cl2N2O3/c1-25-14-4-2-3-12(9-14)17-11-22-19(26-17)8-7-18(24)23-16-10-13(20)5-6-15(16)21/h2-6,9-11H,7-8H2,1H3,(H,23,24). The van der Waals surface area contributed by atoms with E-state index >= 15 is 0 Å². The molecule has 0 aliphatic carbocycles. The average molecular weight is 391 g/mol. The van der Waals surface area contributed by atoms with Crippen molar-refractivity contribution in [3.05, 3.63) is 64.6 Å². The monoisotopic (exact) mass is 390 g/mol. The second kappa shape index (κ2) is 8.25. The minimum atomic E-state index is -0.199. The quantitative estimate of drug-likeness (QED) is 0.625. The molecule has 0 aliphatic rings. The largest absolute Gasteiger partial charge is 0.497 e. The third-order valence-electron chi connectivity index (χ3n) is 3.68. The summed E-state index contributed by atoms with van der Waals surface area (Å²) >= 11 is 12.0. The number of ether oxygens (including phenoxy) is 1. The fourth-order valence-corrected chi connectivity index (χ4v) is 2.70. The van der Waals surface area contributed by atoms with Crippen LogP contribution in [-0.4, -0.2) is 18.0 Å². The van der Waals surface area contributed by atoms with E-state index in [1.165, 1.54) is 0 Å². The predicted octanol–water partition coefficient (Wildman–Crippen LogP) is 5.23. The number of benzene rings is 2. The highest BCUT2D eigenvalue weighted by Gasteiger charge is 2.11. The number of halogens is 2. The molecule has 0 bridgehead atoms. The molecule has 0 aliphatic heterocycles. The fraction of sp³-hybridized carbons (Fsp3) is 0.158. The van der Waals surface area contributed by atoms with Crippen molar-refractivity contribution in [2.75, 3.05) is 12.4 Å². The van der Waals surface area contributed by atoms with Gasteiger partial charge in [-0.2, -0.15) is 0 Å². The van der Waals surface area contributed by atoms with Crippen molar-refractivity contribution in [1.29, 1.82) is 0 Å². The maximum Gasteiger partial charge on any atom is 0.224 e. The number of rotatable bonds is 6. The van der Waals surface area contributed by atoms with Crippen LogP contribution < -0.4 is 10.1 Å². The summed E-state index contributed by atoms with van der Waals surface area (Å²) in [5.41, 5.74) is 1.34. The Labute approximate surface area is 160 Å². The molecule has 1 heterocycles. The number of amides is 1. The van der Waals surface area contributed by atoms with Crippen molar-refractivity contribution in [3.63, 3.8) is 0 Å². The SMILES string of the molecule is COc1cccc(-c2cnc(CCC(=O)Nc3cc(Cl)ccc3Cl)o2)c1. The number of carbonyl (C=O) groups is 1. The highest BCUT2D eigenvalue weighted by atomic mass is 35.5. The highest BCUT2D eigenvalue weighted by molar-refractivity contribution is 6.35. The van der Waals surface area contributed by atoms with Crippen LogP contribution in [0.1, 0.15) is 12.3 Å². The van der Waals surface area contributed by atoms with E-state index in [0.29, 0.717) is 33.8 Å². The summed E-state index contributed by atoms with van der Waals surface area (Å²) in [6.45, 7) is 0. The molecule has 3 aromatic rings. The van der Waals surface area contributed by atoms with Crippen LogP contribution in [0.2, 0.25) is 10.0 Å². The lowest BCUT2D eigenvalue weighted by molar-refractivity contribution is -0.116. The normalized spacial score (nSPS) is 10.6. The van der Waals surface area contributed by atoms with Crippen molar-refractivity contribution < 1.29 is 13.9 Å². The molecular formula is C19H16Cl2N2O3. The summed E-state index contributed by atoms with van der Waals surface area (Å²) in [6, 6.07) is 12.4. The Morgan fingerprint density at radius 3 is 2.88 bits per heavy atom. The molecule has 3 rings (SSSR count). The third kappa shape index (κ3) is 4.56. The Bertz CT molecular complexity index is 925. The van der Waals surface area contributed by atoms with Gasteiger partial charge in [0.2, 0.25) is 5.91 Å². The molecule has 1 amide bonds. The molecule has 0 atom stereocenters. The number of hydrogen-bond donors (Lipinski definition) is 1. The topological polar surface area (TPSA) is 64.4 Å². The number of nitrogens with zero attached hydrogens (tertiary/aromatic N) is 1. The van der Waals surface area contributed by atoms with Crippen LogP contribution in [-0.2, 0) is 11.2 Å². The molecule has 2 aromatic carbocycles. The lowest BCUT2D eigenvalue weighted by Gasteiger charge is -2.07. The number of aryl methyl sites for hydroxylation is 1. The first kappa shape index (κ1) is 18.3. The first-order valence-corrected chi connectivity index (χ1v) is 8.65. The Morgan fingerprint density at radius 2 is 2.08 bits per heavy atom. The van der Waals surface area contributed by atoms with Crippen molar-refractivity contribution >= 4 is 34.8 Å². The Morgan fingerprint density at radius 1 is 1.23 bits per heavy atom. The minimum Gasteiger partial charge on any atom is -0.497 e. The predicted molar refractivity (Wildman–Crippen MR) is 102 cm³/mol. The van der Waals surface area contributed by atoms with Crippen molar-refractivity contribution in [2.24, 2.45) is 0 Å². The lowest BCUT2D eigenvalue weighted by Crippen LogP contribution is -2.12. The molecule has 0 fully saturated rings. The highest BCUT2D eigenvalue weighted by Crippen LogP contribution is 2.26. The summed E-state index contributed by atoms with van der Waals surface area (Å²) in [5, 5.41) is 3.66. The molecule has 1 N–H and O–H groups in total. The minimum absolute atomic E-state index is 0.199. The van der Waals surface area contributed by atoms with E-state index in [4.69, 9.17) is 32.4 Å². The van der Waals surface area contributed by atoms with Crippen molar-refractivity contribution in [3.8, 4) is 17.1 Å². The molecule has 0 radical (unpaired) electrons. The van der Waals surface area contributed by atoms with E-state index in [0.717, 1.165) is 11.3 Å². The molecule has 7 heteroatoms. The molecule has 0 saturated heterocycles. The van der Waals surface area contributed by atoms with Gasteiger partial charge in [-0.3, -0.25) is 4.79 Å². The molecule has 26 heavy (non-hydrogen) atoms. The van der Waals surface area contributed by atoms with Gasteiger partial charge in [0.15, 0.2) is 11.7 Å². The number of nitrogens with one attached hydrogen (secondary N) is 1. The van der Waals surface area contributed by atoms with Gasteiger partial charge < -0.3 is 14.5 Å². The van der Waals surface area contributed by atoms with Gasteiger partial charge in [-0.15, -0.1) is 0 Å². The number of hydrogen-bond acceptors (Lipinski definition) is 4. The van der Waals surface area contributed by atoms with Crippen molar-refractivity contribution in [2.45, 2.75) is 12.8 Å². The number of oxazole rings is 1. The van der Waals surface area contributed by atoms with Gasteiger partial charge in [0.25, 0.3) is 0 Å². The van der Waals surface area contributed by atoms with E-state index in [-0.39, 0.29) is 12.3 Å². The van der Waals surface area contributed by atoms with Gasteiger partial charge >= 0.3 is 0 Å². The van der Waals surface area contributed by atoms with E-state index in [1.54, 1.807) is 31.5 Å². The van der Waals surface area contributed by atoms with Gasteiger partial charge in [-0.05, 0) is 30.3 Å². The zero-order chi connectivity index (χ0) is 18.5. The summed E-state index contributed by atoms with van der Waals surface area (Å²) in [6.07, 6.45) is 2.21. The van der Waals surface area contributed by atoms with Crippen LogP contribution in [0.4, 0.5) is 5.69 Å². The second-order valence-corrected chi connectivity index (χ2v) is 6.37. The fourth-order valence-electron chi connectivity index (χ4n) is 2.36. The van der Waals surface area contributed by atoms with E-state index < -0.39 is 0 Å². The average Bonchev–Trinajstić information content (AvgIpc) is 3.12. The van der Waals surface area contributed by atoms with Crippen LogP contribution in [0, 0.1) is 0 Å². The number of aromatic nitrogens is 1. The van der Waals surface area contributed by atoms with Crippen LogP contribution in [0.5, 0.6) is 5.75 Å². The smallest absolute Gasteiger partial charge is 0.224 e. The van der Waals surface area contributed by atoms with Crippen LogP contribution in [0.15, 0.2) is 53.1 Å². The number of carbonyl (C=O) groups excluding carboxylic acids is 1. The molecule has 134 valence electrons. The zero-order valence-electron chi connectivity index (χ0n) is 14.0. The van der Waals surface area contributed by atoms with Crippen LogP contribution in [0.25, 0.3) is 11.3 Å². The number of anilines is 1. The Kier molecular flexibility index (Phi) is 5.81.